The maximum absolute atomic E-state index is 12.1. The molecule has 1 aliphatic rings. The van der Waals surface area contributed by atoms with Gasteiger partial charge in [0.15, 0.2) is 0 Å². The molecule has 1 saturated heterocycles. The van der Waals surface area contributed by atoms with Gasteiger partial charge in [-0.1, -0.05) is 48.5 Å². The minimum absolute atomic E-state index is 0.105. The zero-order valence-corrected chi connectivity index (χ0v) is 16.4. The predicted octanol–water partition coefficient (Wildman–Crippen LogP) is 4.14. The summed E-state index contributed by atoms with van der Waals surface area (Å²) >= 11 is 1.67. The molecule has 1 amide bonds. The van der Waals surface area contributed by atoms with Crippen molar-refractivity contribution in [2.24, 2.45) is 0 Å². The van der Waals surface area contributed by atoms with Gasteiger partial charge in [-0.25, -0.2) is 0 Å². The summed E-state index contributed by atoms with van der Waals surface area (Å²) in [6, 6.07) is 16.9. The van der Waals surface area contributed by atoms with Crippen LogP contribution >= 0.6 is 11.8 Å². The highest BCUT2D eigenvalue weighted by Crippen LogP contribution is 2.16. The summed E-state index contributed by atoms with van der Waals surface area (Å²) in [6.45, 7) is 6.16. The number of carbonyl (C=O) groups is 1. The molecular weight excluding hydrogens is 340 g/mol. The van der Waals surface area contributed by atoms with Crippen LogP contribution in [0.5, 0.6) is 0 Å². The predicted molar refractivity (Wildman–Crippen MR) is 110 cm³/mol. The van der Waals surface area contributed by atoms with Gasteiger partial charge in [0.1, 0.15) is 0 Å². The Morgan fingerprint density at radius 3 is 2.65 bits per heavy atom. The highest BCUT2D eigenvalue weighted by molar-refractivity contribution is 7.99. The van der Waals surface area contributed by atoms with Crippen molar-refractivity contribution in [1.82, 2.24) is 10.2 Å². The Morgan fingerprint density at radius 1 is 1.08 bits per heavy atom. The number of hydrogen-bond donors (Lipinski definition) is 1. The van der Waals surface area contributed by atoms with Crippen LogP contribution in [0.15, 0.2) is 48.5 Å². The third kappa shape index (κ3) is 5.89. The molecule has 1 fully saturated rings. The van der Waals surface area contributed by atoms with E-state index in [4.69, 9.17) is 0 Å². The number of carbonyl (C=O) groups excluding carboxylic acids is 1. The number of likely N-dealkylation sites (tertiary alicyclic amines) is 1. The largest absolute Gasteiger partial charge is 0.351 e. The van der Waals surface area contributed by atoms with E-state index in [0.29, 0.717) is 12.3 Å². The Morgan fingerprint density at radius 2 is 1.85 bits per heavy atom. The van der Waals surface area contributed by atoms with E-state index in [0.717, 1.165) is 12.3 Å². The zero-order valence-electron chi connectivity index (χ0n) is 15.5. The molecule has 0 aliphatic carbocycles. The summed E-state index contributed by atoms with van der Waals surface area (Å²) in [4.78, 5) is 14.6. The van der Waals surface area contributed by atoms with Crippen molar-refractivity contribution in [3.05, 3.63) is 70.8 Å². The molecule has 1 heterocycles. The van der Waals surface area contributed by atoms with Crippen LogP contribution in [0.4, 0.5) is 0 Å². The van der Waals surface area contributed by atoms with Crippen LogP contribution in [0.25, 0.3) is 0 Å². The number of rotatable bonds is 8. The first-order valence-corrected chi connectivity index (χ1v) is 10.6. The van der Waals surface area contributed by atoms with Crippen LogP contribution in [0.3, 0.4) is 0 Å². The van der Waals surface area contributed by atoms with E-state index >= 15 is 0 Å². The van der Waals surface area contributed by atoms with Crippen LogP contribution < -0.4 is 5.32 Å². The van der Waals surface area contributed by atoms with E-state index < -0.39 is 0 Å². The minimum atomic E-state index is 0.105. The lowest BCUT2D eigenvalue weighted by molar-refractivity contribution is -0.118. The molecule has 26 heavy (non-hydrogen) atoms. The Kier molecular flexibility index (Phi) is 7.15. The summed E-state index contributed by atoms with van der Waals surface area (Å²) in [7, 11) is 0. The SMILES string of the molecule is Cc1ccccc1CSCC(=O)NCc1cccc(CN2CCCC2)c1. The number of nitrogens with zero attached hydrogens (tertiary/aromatic N) is 1. The second kappa shape index (κ2) is 9.79. The number of aryl methyl sites for hydroxylation is 1. The standard InChI is InChI=1S/C22H28N2OS/c1-18-7-2-3-10-21(18)16-26-17-22(25)23-14-19-8-6-9-20(13-19)15-24-11-4-5-12-24/h2-3,6-10,13H,4-5,11-12,14-17H2,1H3,(H,23,25). The molecule has 0 unspecified atom stereocenters. The van der Waals surface area contributed by atoms with E-state index in [1.807, 2.05) is 6.07 Å². The molecule has 3 rings (SSSR count). The first kappa shape index (κ1) is 19.0. The number of nitrogens with one attached hydrogen (secondary N) is 1. The van der Waals surface area contributed by atoms with Crippen LogP contribution in [0.2, 0.25) is 0 Å². The fourth-order valence-corrected chi connectivity index (χ4v) is 4.25. The van der Waals surface area contributed by atoms with Crippen molar-refractivity contribution in [1.29, 1.82) is 0 Å². The Bertz CT molecular complexity index is 726. The van der Waals surface area contributed by atoms with Gasteiger partial charge in [0, 0.05) is 18.8 Å². The van der Waals surface area contributed by atoms with Crippen LogP contribution in [0.1, 0.15) is 35.1 Å². The van der Waals surface area contributed by atoms with Gasteiger partial charge in [0.2, 0.25) is 5.91 Å². The molecule has 138 valence electrons. The second-order valence-corrected chi connectivity index (χ2v) is 7.98. The van der Waals surface area contributed by atoms with Gasteiger partial charge in [-0.15, -0.1) is 11.8 Å². The van der Waals surface area contributed by atoms with Crippen molar-refractivity contribution in [2.75, 3.05) is 18.8 Å². The van der Waals surface area contributed by atoms with Gasteiger partial charge in [0.05, 0.1) is 5.75 Å². The lowest BCUT2D eigenvalue weighted by atomic mass is 10.1. The molecule has 0 radical (unpaired) electrons. The average Bonchev–Trinajstić information content (AvgIpc) is 3.15. The fourth-order valence-electron chi connectivity index (χ4n) is 3.31. The van der Waals surface area contributed by atoms with E-state index in [9.17, 15) is 4.79 Å². The van der Waals surface area contributed by atoms with E-state index in [2.05, 4.69) is 59.6 Å². The summed E-state index contributed by atoms with van der Waals surface area (Å²) in [6.07, 6.45) is 2.63. The monoisotopic (exact) mass is 368 g/mol. The summed E-state index contributed by atoms with van der Waals surface area (Å²) in [5, 5.41) is 3.05. The maximum Gasteiger partial charge on any atom is 0.230 e. The number of amides is 1. The van der Waals surface area contributed by atoms with E-state index in [-0.39, 0.29) is 5.91 Å². The quantitative estimate of drug-likeness (QED) is 0.760. The van der Waals surface area contributed by atoms with Gasteiger partial charge in [-0.2, -0.15) is 0 Å². The van der Waals surface area contributed by atoms with Gasteiger partial charge in [-0.05, 0) is 55.1 Å². The molecule has 0 atom stereocenters. The van der Waals surface area contributed by atoms with Crippen LogP contribution in [-0.2, 0) is 23.6 Å². The molecule has 1 aliphatic heterocycles. The van der Waals surface area contributed by atoms with Crippen molar-refractivity contribution in [3.63, 3.8) is 0 Å². The first-order valence-electron chi connectivity index (χ1n) is 9.40. The van der Waals surface area contributed by atoms with Gasteiger partial charge >= 0.3 is 0 Å². The highest BCUT2D eigenvalue weighted by atomic mass is 32.2. The van der Waals surface area contributed by atoms with E-state index in [1.54, 1.807) is 11.8 Å². The van der Waals surface area contributed by atoms with E-state index in [1.165, 1.54) is 48.2 Å². The van der Waals surface area contributed by atoms with Crippen molar-refractivity contribution in [3.8, 4) is 0 Å². The molecule has 0 spiro atoms. The number of hydrogen-bond acceptors (Lipinski definition) is 3. The van der Waals surface area contributed by atoms with Crippen LogP contribution in [-0.4, -0.2) is 29.6 Å². The molecular formula is C22H28N2OS. The molecule has 2 aromatic carbocycles. The Labute approximate surface area is 161 Å². The average molecular weight is 369 g/mol. The third-order valence-electron chi connectivity index (χ3n) is 4.84. The Hall–Kier alpha value is -1.78. The van der Waals surface area contributed by atoms with Gasteiger partial charge in [0.25, 0.3) is 0 Å². The molecule has 0 bridgehead atoms. The normalized spacial score (nSPS) is 14.5. The zero-order chi connectivity index (χ0) is 18.2. The summed E-state index contributed by atoms with van der Waals surface area (Å²) in [5.41, 5.74) is 5.11. The molecule has 1 N–H and O–H groups in total. The first-order chi connectivity index (χ1) is 12.7. The molecule has 0 aromatic heterocycles. The number of thioether (sulfide) groups is 1. The minimum Gasteiger partial charge on any atom is -0.351 e. The fraction of sp³-hybridized carbons (Fsp3) is 0.409. The topological polar surface area (TPSA) is 32.3 Å². The number of benzene rings is 2. The van der Waals surface area contributed by atoms with Crippen molar-refractivity contribution < 1.29 is 4.79 Å². The molecule has 3 nitrogen and oxygen atoms in total. The lowest BCUT2D eigenvalue weighted by Gasteiger charge is -2.15. The summed E-state index contributed by atoms with van der Waals surface area (Å²) in [5.74, 6) is 1.49. The van der Waals surface area contributed by atoms with Gasteiger partial charge in [-0.3, -0.25) is 9.69 Å². The smallest absolute Gasteiger partial charge is 0.230 e. The highest BCUT2D eigenvalue weighted by Gasteiger charge is 2.11. The molecule has 2 aromatic rings. The van der Waals surface area contributed by atoms with Crippen molar-refractivity contribution >= 4 is 17.7 Å². The van der Waals surface area contributed by atoms with Crippen LogP contribution in [0, 0.1) is 6.92 Å². The summed E-state index contributed by atoms with van der Waals surface area (Å²) < 4.78 is 0. The third-order valence-corrected chi connectivity index (χ3v) is 5.82. The molecule has 4 heteroatoms. The maximum atomic E-state index is 12.1. The Balaban J connectivity index is 1.40. The second-order valence-electron chi connectivity index (χ2n) is 7.00. The molecule has 0 saturated carbocycles. The van der Waals surface area contributed by atoms with Gasteiger partial charge < -0.3 is 5.32 Å². The van der Waals surface area contributed by atoms with Crippen molar-refractivity contribution in [2.45, 2.75) is 38.6 Å². The lowest BCUT2D eigenvalue weighted by Crippen LogP contribution is -2.25.